The highest BCUT2D eigenvalue weighted by molar-refractivity contribution is 7.13. The lowest BCUT2D eigenvalue weighted by Crippen LogP contribution is -2.25. The van der Waals surface area contributed by atoms with Crippen LogP contribution in [0.25, 0.3) is 10.7 Å². The first-order chi connectivity index (χ1) is 14.0. The van der Waals surface area contributed by atoms with E-state index in [1.54, 1.807) is 6.20 Å². The number of thiazole rings is 1. The molecule has 150 valence electrons. The van der Waals surface area contributed by atoms with Crippen molar-refractivity contribution in [2.75, 3.05) is 5.32 Å². The Morgan fingerprint density at radius 1 is 1.17 bits per heavy atom. The monoisotopic (exact) mass is 408 g/mol. The van der Waals surface area contributed by atoms with E-state index >= 15 is 0 Å². The predicted molar refractivity (Wildman–Crippen MR) is 115 cm³/mol. The molecular formula is C22H24N4O2S. The van der Waals surface area contributed by atoms with Crippen LogP contribution in [-0.4, -0.2) is 21.8 Å². The van der Waals surface area contributed by atoms with Crippen molar-refractivity contribution in [1.29, 1.82) is 0 Å². The zero-order chi connectivity index (χ0) is 20.6. The Bertz CT molecular complexity index is 972. The summed E-state index contributed by atoms with van der Waals surface area (Å²) in [5.74, 6) is -0.134. The third-order valence-electron chi connectivity index (χ3n) is 4.52. The van der Waals surface area contributed by atoms with E-state index in [1.165, 1.54) is 11.3 Å². The minimum absolute atomic E-state index is 0.000859. The van der Waals surface area contributed by atoms with E-state index in [0.29, 0.717) is 6.54 Å². The Balaban J connectivity index is 1.53. The smallest absolute Gasteiger partial charge is 0.227 e. The van der Waals surface area contributed by atoms with E-state index in [9.17, 15) is 9.59 Å². The number of anilines is 1. The first kappa shape index (κ1) is 20.7. The number of pyridine rings is 1. The van der Waals surface area contributed by atoms with E-state index in [4.69, 9.17) is 0 Å². The first-order valence-corrected chi connectivity index (χ1v) is 10.5. The molecule has 0 radical (unpaired) electrons. The number of carbonyl (C=O) groups is 2. The van der Waals surface area contributed by atoms with Gasteiger partial charge in [-0.2, -0.15) is 0 Å². The topological polar surface area (TPSA) is 84.0 Å². The third-order valence-corrected chi connectivity index (χ3v) is 5.44. The molecule has 0 aliphatic heterocycles. The van der Waals surface area contributed by atoms with Crippen LogP contribution in [0.3, 0.4) is 0 Å². The molecule has 0 bridgehead atoms. The third kappa shape index (κ3) is 5.96. The number of aromatic nitrogens is 2. The molecule has 3 aromatic rings. The molecule has 7 heteroatoms. The van der Waals surface area contributed by atoms with Gasteiger partial charge in [0.15, 0.2) is 0 Å². The number of rotatable bonds is 8. The second kappa shape index (κ2) is 9.93. The minimum atomic E-state index is -0.100. The van der Waals surface area contributed by atoms with Gasteiger partial charge in [-0.25, -0.2) is 4.98 Å². The van der Waals surface area contributed by atoms with Gasteiger partial charge in [-0.15, -0.1) is 11.3 Å². The Labute approximate surface area is 174 Å². The summed E-state index contributed by atoms with van der Waals surface area (Å²) in [6, 6.07) is 13.2. The van der Waals surface area contributed by atoms with Gasteiger partial charge in [0.2, 0.25) is 11.8 Å². The van der Waals surface area contributed by atoms with E-state index < -0.39 is 0 Å². The van der Waals surface area contributed by atoms with Gasteiger partial charge >= 0.3 is 0 Å². The molecule has 3 rings (SSSR count). The van der Waals surface area contributed by atoms with Gasteiger partial charge in [-0.1, -0.05) is 32.0 Å². The molecule has 0 saturated carbocycles. The van der Waals surface area contributed by atoms with Gasteiger partial charge in [0.1, 0.15) is 5.01 Å². The van der Waals surface area contributed by atoms with Crippen LogP contribution in [0.1, 0.15) is 31.5 Å². The molecule has 1 unspecified atom stereocenters. The highest BCUT2D eigenvalue weighted by Crippen LogP contribution is 2.21. The van der Waals surface area contributed by atoms with Gasteiger partial charge in [-0.3, -0.25) is 14.6 Å². The van der Waals surface area contributed by atoms with Gasteiger partial charge in [0.05, 0.1) is 17.8 Å². The largest absolute Gasteiger partial charge is 0.352 e. The van der Waals surface area contributed by atoms with Gasteiger partial charge in [0, 0.05) is 29.7 Å². The molecule has 29 heavy (non-hydrogen) atoms. The molecule has 0 fully saturated rings. The van der Waals surface area contributed by atoms with Crippen molar-refractivity contribution < 1.29 is 9.59 Å². The lowest BCUT2D eigenvalue weighted by atomic mass is 10.1. The van der Waals surface area contributed by atoms with Crippen molar-refractivity contribution in [2.45, 2.75) is 33.2 Å². The van der Waals surface area contributed by atoms with Crippen LogP contribution in [0, 0.1) is 5.92 Å². The van der Waals surface area contributed by atoms with Gasteiger partial charge < -0.3 is 10.6 Å². The number of hydrogen-bond donors (Lipinski definition) is 2. The number of nitrogens with one attached hydrogen (secondary N) is 2. The average molecular weight is 409 g/mol. The summed E-state index contributed by atoms with van der Waals surface area (Å²) in [6.45, 7) is 4.28. The lowest BCUT2D eigenvalue weighted by molar-refractivity contribution is -0.121. The Morgan fingerprint density at radius 2 is 2.03 bits per heavy atom. The van der Waals surface area contributed by atoms with Crippen molar-refractivity contribution in [3.63, 3.8) is 0 Å². The maximum Gasteiger partial charge on any atom is 0.227 e. The molecule has 0 spiro atoms. The predicted octanol–water partition coefficient (Wildman–Crippen LogP) is 4.05. The molecule has 6 nitrogen and oxygen atoms in total. The second-order valence-corrected chi connectivity index (χ2v) is 7.67. The summed E-state index contributed by atoms with van der Waals surface area (Å²) in [6.07, 6.45) is 2.73. The van der Waals surface area contributed by atoms with Gasteiger partial charge in [0.25, 0.3) is 0 Å². The summed E-state index contributed by atoms with van der Waals surface area (Å²) >= 11 is 1.48. The van der Waals surface area contributed by atoms with E-state index in [-0.39, 0.29) is 24.2 Å². The summed E-state index contributed by atoms with van der Waals surface area (Å²) in [5, 5.41) is 8.51. The molecule has 0 aliphatic rings. The quantitative estimate of drug-likeness (QED) is 0.589. The minimum Gasteiger partial charge on any atom is -0.352 e. The van der Waals surface area contributed by atoms with Crippen molar-refractivity contribution in [3.05, 3.63) is 65.3 Å². The molecule has 1 atom stereocenters. The van der Waals surface area contributed by atoms with E-state index in [0.717, 1.165) is 34.1 Å². The molecule has 0 aliphatic carbocycles. The van der Waals surface area contributed by atoms with Crippen LogP contribution in [0.15, 0.2) is 54.0 Å². The lowest BCUT2D eigenvalue weighted by Gasteiger charge is -2.11. The fourth-order valence-electron chi connectivity index (χ4n) is 2.63. The number of carbonyl (C=O) groups excluding carboxylic acids is 2. The molecule has 2 heterocycles. The highest BCUT2D eigenvalue weighted by Gasteiger charge is 2.12. The zero-order valence-electron chi connectivity index (χ0n) is 16.5. The number of hydrogen-bond acceptors (Lipinski definition) is 5. The SMILES string of the molecule is CCC(C)C(=O)Nc1cccc(CNC(=O)Cc2csc(-c3ccccn3)n2)c1. The highest BCUT2D eigenvalue weighted by atomic mass is 32.1. The maximum absolute atomic E-state index is 12.3. The molecular weight excluding hydrogens is 384 g/mol. The van der Waals surface area contributed by atoms with Crippen LogP contribution in [0.2, 0.25) is 0 Å². The molecule has 2 N–H and O–H groups in total. The fourth-order valence-corrected chi connectivity index (χ4v) is 3.43. The van der Waals surface area contributed by atoms with Crippen molar-refractivity contribution in [2.24, 2.45) is 5.92 Å². The summed E-state index contributed by atoms with van der Waals surface area (Å²) < 4.78 is 0. The summed E-state index contributed by atoms with van der Waals surface area (Å²) in [5.41, 5.74) is 3.19. The Hall–Kier alpha value is -3.06. The van der Waals surface area contributed by atoms with Crippen molar-refractivity contribution >= 4 is 28.8 Å². The number of benzene rings is 1. The van der Waals surface area contributed by atoms with Crippen LogP contribution >= 0.6 is 11.3 Å². The molecule has 2 amide bonds. The molecule has 2 aromatic heterocycles. The standard InChI is InChI=1S/C22H24N4O2S/c1-3-15(2)21(28)25-17-8-6-7-16(11-17)13-24-20(27)12-18-14-29-22(26-18)19-9-4-5-10-23-19/h4-11,14-15H,3,12-13H2,1-2H3,(H,24,27)(H,25,28). The fraction of sp³-hybridized carbons (Fsp3) is 0.273. The summed E-state index contributed by atoms with van der Waals surface area (Å²) in [4.78, 5) is 33.1. The normalized spacial score (nSPS) is 11.7. The van der Waals surface area contributed by atoms with Crippen LogP contribution in [-0.2, 0) is 22.6 Å². The average Bonchev–Trinajstić information content (AvgIpc) is 3.21. The van der Waals surface area contributed by atoms with Crippen molar-refractivity contribution in [3.8, 4) is 10.7 Å². The van der Waals surface area contributed by atoms with E-state index in [1.807, 2.05) is 61.7 Å². The molecule has 1 aromatic carbocycles. The number of amides is 2. The summed E-state index contributed by atoms with van der Waals surface area (Å²) in [7, 11) is 0. The second-order valence-electron chi connectivity index (χ2n) is 6.81. The van der Waals surface area contributed by atoms with Crippen LogP contribution in [0.4, 0.5) is 5.69 Å². The number of nitrogens with zero attached hydrogens (tertiary/aromatic N) is 2. The maximum atomic E-state index is 12.3. The van der Waals surface area contributed by atoms with Gasteiger partial charge in [-0.05, 0) is 36.2 Å². The van der Waals surface area contributed by atoms with Crippen LogP contribution < -0.4 is 10.6 Å². The van der Waals surface area contributed by atoms with E-state index in [2.05, 4.69) is 20.6 Å². The Morgan fingerprint density at radius 3 is 2.79 bits per heavy atom. The van der Waals surface area contributed by atoms with Crippen LogP contribution in [0.5, 0.6) is 0 Å². The van der Waals surface area contributed by atoms with Crippen molar-refractivity contribution in [1.82, 2.24) is 15.3 Å². The first-order valence-electron chi connectivity index (χ1n) is 9.57. The zero-order valence-corrected chi connectivity index (χ0v) is 17.3. The molecule has 0 saturated heterocycles. The Kier molecular flexibility index (Phi) is 7.08.